The molecule has 1 saturated heterocycles. The van der Waals surface area contributed by atoms with Crippen LogP contribution in [-0.2, 0) is 4.79 Å². The summed E-state index contributed by atoms with van der Waals surface area (Å²) in [4.78, 5) is 30.0. The van der Waals surface area contributed by atoms with Crippen LogP contribution in [0.5, 0.6) is 0 Å². The normalized spacial score (nSPS) is 17.7. The average molecular weight is 366 g/mol. The molecule has 1 aromatic heterocycles. The van der Waals surface area contributed by atoms with E-state index in [9.17, 15) is 9.59 Å². The van der Waals surface area contributed by atoms with Crippen molar-refractivity contribution in [3.63, 3.8) is 0 Å². The Hall–Kier alpha value is -1.40. The van der Waals surface area contributed by atoms with Crippen molar-refractivity contribution in [3.8, 4) is 0 Å². The van der Waals surface area contributed by atoms with Crippen LogP contribution in [0.2, 0.25) is 0 Å². The summed E-state index contributed by atoms with van der Waals surface area (Å²) >= 11 is 1.46. The monoisotopic (exact) mass is 365 g/mol. The average Bonchev–Trinajstić information content (AvgIpc) is 3.08. The first-order valence-corrected chi connectivity index (χ1v) is 10.1. The van der Waals surface area contributed by atoms with Gasteiger partial charge in [-0.15, -0.1) is 11.3 Å². The molecule has 0 spiro atoms. The van der Waals surface area contributed by atoms with E-state index in [0.717, 1.165) is 30.8 Å². The van der Waals surface area contributed by atoms with Crippen LogP contribution in [0.1, 0.15) is 57.1 Å². The van der Waals surface area contributed by atoms with E-state index in [-0.39, 0.29) is 36.0 Å². The smallest absolute Gasteiger partial charge is 0.261 e. The van der Waals surface area contributed by atoms with Gasteiger partial charge in [0.05, 0.1) is 10.9 Å². The number of thiophene rings is 1. The maximum atomic E-state index is 12.9. The molecule has 2 amide bonds. The second-order valence-electron chi connectivity index (χ2n) is 7.37. The highest BCUT2D eigenvalue weighted by Gasteiger charge is 2.31. The Morgan fingerprint density at radius 3 is 2.24 bits per heavy atom. The molecule has 0 bridgehead atoms. The van der Waals surface area contributed by atoms with Crippen LogP contribution >= 0.6 is 11.3 Å². The minimum Gasteiger partial charge on any atom is -0.349 e. The van der Waals surface area contributed by atoms with Crippen molar-refractivity contribution < 1.29 is 9.59 Å². The van der Waals surface area contributed by atoms with Gasteiger partial charge < -0.3 is 10.2 Å². The van der Waals surface area contributed by atoms with Gasteiger partial charge in [-0.2, -0.15) is 0 Å². The maximum Gasteiger partial charge on any atom is 0.261 e. The van der Waals surface area contributed by atoms with Crippen molar-refractivity contribution in [1.82, 2.24) is 15.1 Å². The summed E-state index contributed by atoms with van der Waals surface area (Å²) in [5.74, 6) is 0.217. The summed E-state index contributed by atoms with van der Waals surface area (Å²) in [5.41, 5.74) is 0. The highest BCUT2D eigenvalue weighted by molar-refractivity contribution is 7.12. The van der Waals surface area contributed by atoms with Gasteiger partial charge in [-0.1, -0.05) is 6.07 Å². The van der Waals surface area contributed by atoms with Crippen LogP contribution in [0.25, 0.3) is 0 Å². The number of carbonyl (C=O) groups excluding carboxylic acids is 2. The molecule has 0 saturated carbocycles. The van der Waals surface area contributed by atoms with Gasteiger partial charge in [-0.05, 0) is 58.9 Å². The predicted octanol–water partition coefficient (Wildman–Crippen LogP) is 2.98. The molecule has 1 aromatic rings. The van der Waals surface area contributed by atoms with Gasteiger partial charge in [-0.25, -0.2) is 0 Å². The molecule has 1 fully saturated rings. The number of piperidine rings is 1. The Kier molecular flexibility index (Phi) is 7.02. The number of rotatable bonds is 6. The van der Waals surface area contributed by atoms with Crippen LogP contribution in [0.4, 0.5) is 0 Å². The molecule has 0 aliphatic carbocycles. The molecule has 2 heterocycles. The third-order valence-electron chi connectivity index (χ3n) is 4.88. The quantitative estimate of drug-likeness (QED) is 0.843. The fourth-order valence-electron chi connectivity index (χ4n) is 3.57. The molecule has 2 rings (SSSR count). The number of nitrogens with one attached hydrogen (secondary N) is 1. The van der Waals surface area contributed by atoms with Gasteiger partial charge in [-0.3, -0.25) is 14.5 Å². The van der Waals surface area contributed by atoms with Crippen molar-refractivity contribution >= 4 is 23.2 Å². The largest absolute Gasteiger partial charge is 0.349 e. The molecule has 6 heteroatoms. The molecule has 1 atom stereocenters. The molecule has 1 aliphatic rings. The van der Waals surface area contributed by atoms with E-state index in [4.69, 9.17) is 0 Å². The predicted molar refractivity (Wildman–Crippen MR) is 103 cm³/mol. The summed E-state index contributed by atoms with van der Waals surface area (Å²) in [6.45, 7) is 11.9. The zero-order chi connectivity index (χ0) is 18.6. The summed E-state index contributed by atoms with van der Waals surface area (Å²) in [6.07, 6.45) is 1.77. The molecule has 5 nitrogen and oxygen atoms in total. The van der Waals surface area contributed by atoms with E-state index in [1.54, 1.807) is 0 Å². The minimum atomic E-state index is -0.112. The fraction of sp³-hybridized carbons (Fsp3) is 0.684. The molecule has 25 heavy (non-hydrogen) atoms. The van der Waals surface area contributed by atoms with Gasteiger partial charge >= 0.3 is 0 Å². The Balaban J connectivity index is 1.86. The summed E-state index contributed by atoms with van der Waals surface area (Å²) in [6, 6.07) is 4.24. The van der Waals surface area contributed by atoms with E-state index >= 15 is 0 Å². The lowest BCUT2D eigenvalue weighted by Crippen LogP contribution is -2.55. The number of carbonyl (C=O) groups is 2. The van der Waals surface area contributed by atoms with Crippen molar-refractivity contribution in [2.45, 2.75) is 71.6 Å². The first-order valence-electron chi connectivity index (χ1n) is 9.21. The lowest BCUT2D eigenvalue weighted by atomic mass is 10.0. The van der Waals surface area contributed by atoms with Crippen molar-refractivity contribution in [2.24, 2.45) is 0 Å². The zero-order valence-corrected chi connectivity index (χ0v) is 16.8. The van der Waals surface area contributed by atoms with Gasteiger partial charge in [0.25, 0.3) is 5.91 Å². The lowest BCUT2D eigenvalue weighted by Gasteiger charge is -2.40. The SMILES string of the molecule is CC(C(=O)N(C(C)C)C(C)C)N1CCC(NC(=O)c2cccs2)CC1. The highest BCUT2D eigenvalue weighted by atomic mass is 32.1. The maximum absolute atomic E-state index is 12.9. The molecular weight excluding hydrogens is 334 g/mol. The second kappa shape index (κ2) is 8.81. The van der Waals surface area contributed by atoms with E-state index in [1.807, 2.05) is 29.3 Å². The number of hydrogen-bond donors (Lipinski definition) is 1. The molecule has 0 radical (unpaired) electrons. The fourth-order valence-corrected chi connectivity index (χ4v) is 4.20. The van der Waals surface area contributed by atoms with Crippen LogP contribution in [0, 0.1) is 0 Å². The Morgan fingerprint density at radius 1 is 1.16 bits per heavy atom. The molecule has 0 aromatic carbocycles. The van der Waals surface area contributed by atoms with Gasteiger partial charge in [0, 0.05) is 31.2 Å². The zero-order valence-electron chi connectivity index (χ0n) is 16.0. The third-order valence-corrected chi connectivity index (χ3v) is 5.75. The standard InChI is InChI=1S/C19H31N3O2S/c1-13(2)22(14(3)4)19(24)15(5)21-10-8-16(9-11-21)20-18(23)17-7-6-12-25-17/h6-7,12-16H,8-11H2,1-5H3,(H,20,23). The van der Waals surface area contributed by atoms with E-state index < -0.39 is 0 Å². The van der Waals surface area contributed by atoms with Crippen LogP contribution < -0.4 is 5.32 Å². The topological polar surface area (TPSA) is 52.7 Å². The van der Waals surface area contributed by atoms with E-state index in [0.29, 0.717) is 0 Å². The number of likely N-dealkylation sites (tertiary alicyclic amines) is 1. The van der Waals surface area contributed by atoms with Gasteiger partial charge in [0.2, 0.25) is 5.91 Å². The van der Waals surface area contributed by atoms with Crippen LogP contribution in [-0.4, -0.2) is 58.9 Å². The second-order valence-corrected chi connectivity index (χ2v) is 8.32. The minimum absolute atomic E-state index is 0.0170. The number of nitrogens with zero attached hydrogens (tertiary/aromatic N) is 2. The van der Waals surface area contributed by atoms with E-state index in [2.05, 4.69) is 37.9 Å². The highest BCUT2D eigenvalue weighted by Crippen LogP contribution is 2.18. The van der Waals surface area contributed by atoms with Crippen molar-refractivity contribution in [2.75, 3.05) is 13.1 Å². The van der Waals surface area contributed by atoms with Gasteiger partial charge in [0.15, 0.2) is 0 Å². The Labute approximate surface area is 155 Å². The lowest BCUT2D eigenvalue weighted by molar-refractivity contribution is -0.140. The van der Waals surface area contributed by atoms with Crippen molar-refractivity contribution in [3.05, 3.63) is 22.4 Å². The Morgan fingerprint density at radius 2 is 1.76 bits per heavy atom. The third kappa shape index (κ3) is 5.05. The first kappa shape index (κ1) is 19.9. The van der Waals surface area contributed by atoms with Crippen molar-refractivity contribution in [1.29, 1.82) is 0 Å². The molecule has 1 unspecified atom stereocenters. The van der Waals surface area contributed by atoms with Crippen LogP contribution in [0.3, 0.4) is 0 Å². The summed E-state index contributed by atoms with van der Waals surface area (Å²) in [7, 11) is 0. The molecule has 140 valence electrons. The number of amides is 2. The molecule has 1 aliphatic heterocycles. The Bertz CT molecular complexity index is 555. The molecular formula is C19H31N3O2S. The summed E-state index contributed by atoms with van der Waals surface area (Å²) in [5, 5.41) is 5.04. The molecule has 1 N–H and O–H groups in total. The first-order chi connectivity index (χ1) is 11.8. The van der Waals surface area contributed by atoms with E-state index in [1.165, 1.54) is 11.3 Å². The summed E-state index contributed by atoms with van der Waals surface area (Å²) < 4.78 is 0. The van der Waals surface area contributed by atoms with Gasteiger partial charge in [0.1, 0.15) is 0 Å². The number of hydrogen-bond acceptors (Lipinski definition) is 4. The van der Waals surface area contributed by atoms with Crippen LogP contribution in [0.15, 0.2) is 17.5 Å².